The highest BCUT2D eigenvalue weighted by atomic mass is 32.2. The minimum atomic E-state index is -0.566. The Bertz CT molecular complexity index is 851. The summed E-state index contributed by atoms with van der Waals surface area (Å²) in [4.78, 5) is 12.0. The van der Waals surface area contributed by atoms with Gasteiger partial charge >= 0.3 is 0 Å². The molecule has 4 nitrogen and oxygen atoms in total. The SMILES string of the molecule is O=C(CSc1nnc(-c2cccc(F)c2)o1)c1ccccc1F. The third-order valence-electron chi connectivity index (χ3n) is 2.98. The first-order chi connectivity index (χ1) is 11.1. The van der Waals surface area contributed by atoms with Gasteiger partial charge in [0.15, 0.2) is 5.78 Å². The molecule has 0 amide bonds. The Kier molecular flexibility index (Phi) is 4.47. The summed E-state index contributed by atoms with van der Waals surface area (Å²) in [5.41, 5.74) is 0.467. The first kappa shape index (κ1) is 15.4. The third-order valence-corrected chi connectivity index (χ3v) is 3.80. The average Bonchev–Trinajstić information content (AvgIpc) is 3.02. The van der Waals surface area contributed by atoms with Crippen LogP contribution in [0.4, 0.5) is 8.78 Å². The van der Waals surface area contributed by atoms with Gasteiger partial charge < -0.3 is 4.42 Å². The number of ketones is 1. The number of halogens is 2. The molecule has 0 atom stereocenters. The van der Waals surface area contributed by atoms with Crippen LogP contribution in [-0.4, -0.2) is 21.7 Å². The van der Waals surface area contributed by atoms with Crippen molar-refractivity contribution < 1.29 is 18.0 Å². The molecule has 0 saturated carbocycles. The molecule has 0 aliphatic rings. The van der Waals surface area contributed by atoms with Gasteiger partial charge in [-0.05, 0) is 30.3 Å². The number of nitrogens with zero attached hydrogens (tertiary/aromatic N) is 2. The van der Waals surface area contributed by atoms with E-state index in [-0.39, 0.29) is 28.2 Å². The van der Waals surface area contributed by atoms with Crippen LogP contribution >= 0.6 is 11.8 Å². The summed E-state index contributed by atoms with van der Waals surface area (Å²) in [6, 6.07) is 11.5. The largest absolute Gasteiger partial charge is 0.411 e. The normalized spacial score (nSPS) is 10.7. The first-order valence-electron chi connectivity index (χ1n) is 6.63. The van der Waals surface area contributed by atoms with E-state index in [0.717, 1.165) is 11.8 Å². The quantitative estimate of drug-likeness (QED) is 0.522. The summed E-state index contributed by atoms with van der Waals surface area (Å²) >= 11 is 1.00. The highest BCUT2D eigenvalue weighted by molar-refractivity contribution is 7.99. The highest BCUT2D eigenvalue weighted by Gasteiger charge is 2.15. The minimum absolute atomic E-state index is 0.0184. The Morgan fingerprint density at radius 2 is 1.91 bits per heavy atom. The first-order valence-corrected chi connectivity index (χ1v) is 7.62. The molecule has 0 fully saturated rings. The molecule has 116 valence electrons. The molecule has 0 bridgehead atoms. The molecule has 0 saturated heterocycles. The summed E-state index contributed by atoms with van der Waals surface area (Å²) in [5.74, 6) is -1.23. The van der Waals surface area contributed by atoms with Crippen LogP contribution in [-0.2, 0) is 0 Å². The number of hydrogen-bond donors (Lipinski definition) is 0. The molecule has 0 aliphatic carbocycles. The predicted molar refractivity (Wildman–Crippen MR) is 81.1 cm³/mol. The van der Waals surface area contributed by atoms with Gasteiger partial charge in [-0.3, -0.25) is 4.79 Å². The molecule has 23 heavy (non-hydrogen) atoms. The smallest absolute Gasteiger partial charge is 0.277 e. The lowest BCUT2D eigenvalue weighted by molar-refractivity contribution is 0.101. The van der Waals surface area contributed by atoms with Gasteiger partial charge in [0.1, 0.15) is 11.6 Å². The van der Waals surface area contributed by atoms with Crippen molar-refractivity contribution in [2.75, 3.05) is 5.75 Å². The second kappa shape index (κ2) is 6.70. The molecule has 3 aromatic rings. The van der Waals surface area contributed by atoms with E-state index in [9.17, 15) is 13.6 Å². The van der Waals surface area contributed by atoms with E-state index >= 15 is 0 Å². The summed E-state index contributed by atoms with van der Waals surface area (Å²) in [6.45, 7) is 0. The van der Waals surface area contributed by atoms with Gasteiger partial charge in [0, 0.05) is 5.56 Å². The van der Waals surface area contributed by atoms with Crippen molar-refractivity contribution in [3.05, 3.63) is 65.7 Å². The van der Waals surface area contributed by atoms with Gasteiger partial charge in [0.25, 0.3) is 5.22 Å². The van der Waals surface area contributed by atoms with Gasteiger partial charge in [-0.2, -0.15) is 0 Å². The average molecular weight is 332 g/mol. The molecular formula is C16H10F2N2O2S. The van der Waals surface area contributed by atoms with Crippen molar-refractivity contribution in [1.29, 1.82) is 0 Å². The number of rotatable bonds is 5. The van der Waals surface area contributed by atoms with Crippen LogP contribution in [0.3, 0.4) is 0 Å². The number of aromatic nitrogens is 2. The summed E-state index contributed by atoms with van der Waals surface area (Å²) in [6.07, 6.45) is 0. The van der Waals surface area contributed by atoms with E-state index in [0.29, 0.717) is 5.56 Å². The molecule has 1 heterocycles. The fourth-order valence-corrected chi connectivity index (χ4v) is 2.55. The molecule has 2 aromatic carbocycles. The Morgan fingerprint density at radius 3 is 2.70 bits per heavy atom. The highest BCUT2D eigenvalue weighted by Crippen LogP contribution is 2.24. The van der Waals surface area contributed by atoms with Crippen LogP contribution in [0.2, 0.25) is 0 Å². The molecule has 7 heteroatoms. The van der Waals surface area contributed by atoms with E-state index in [1.165, 1.54) is 36.4 Å². The van der Waals surface area contributed by atoms with Gasteiger partial charge in [-0.15, -0.1) is 10.2 Å². The van der Waals surface area contributed by atoms with Gasteiger partial charge in [0.2, 0.25) is 5.89 Å². The standard InChI is InChI=1S/C16H10F2N2O2S/c17-11-5-3-4-10(8-11)15-19-20-16(22-15)23-9-14(21)12-6-1-2-7-13(12)18/h1-8H,9H2. The lowest BCUT2D eigenvalue weighted by Gasteiger charge is -2.00. The Labute approximate surface area is 134 Å². The molecule has 0 aliphatic heterocycles. The van der Waals surface area contributed by atoms with Gasteiger partial charge in [-0.25, -0.2) is 8.78 Å². The fraction of sp³-hybridized carbons (Fsp3) is 0.0625. The second-order valence-corrected chi connectivity index (χ2v) is 5.50. The zero-order valence-electron chi connectivity index (χ0n) is 11.7. The maximum absolute atomic E-state index is 13.5. The molecular weight excluding hydrogens is 322 g/mol. The van der Waals surface area contributed by atoms with Gasteiger partial charge in [-0.1, -0.05) is 30.0 Å². The topological polar surface area (TPSA) is 56.0 Å². The Balaban J connectivity index is 1.68. The van der Waals surface area contributed by atoms with Crippen molar-refractivity contribution in [3.63, 3.8) is 0 Å². The maximum atomic E-state index is 13.5. The summed E-state index contributed by atoms with van der Waals surface area (Å²) in [7, 11) is 0. The molecule has 0 spiro atoms. The van der Waals surface area contributed by atoms with Crippen LogP contribution in [0, 0.1) is 11.6 Å². The van der Waals surface area contributed by atoms with E-state index in [4.69, 9.17) is 4.42 Å². The number of carbonyl (C=O) groups excluding carboxylic acids is 1. The summed E-state index contributed by atoms with van der Waals surface area (Å²) < 4.78 is 32.0. The lowest BCUT2D eigenvalue weighted by Crippen LogP contribution is -2.04. The van der Waals surface area contributed by atoms with Crippen molar-refractivity contribution in [2.24, 2.45) is 0 Å². The number of hydrogen-bond acceptors (Lipinski definition) is 5. The summed E-state index contributed by atoms with van der Waals surface area (Å²) in [5, 5.41) is 7.76. The van der Waals surface area contributed by atoms with Crippen LogP contribution in [0.15, 0.2) is 58.2 Å². The number of Topliss-reactive ketones (excluding diaryl/α,β-unsaturated/α-hetero) is 1. The van der Waals surface area contributed by atoms with E-state index in [2.05, 4.69) is 10.2 Å². The number of benzene rings is 2. The molecule has 1 aromatic heterocycles. The lowest BCUT2D eigenvalue weighted by atomic mass is 10.1. The van der Waals surface area contributed by atoms with E-state index in [1.807, 2.05) is 0 Å². The zero-order chi connectivity index (χ0) is 16.2. The monoisotopic (exact) mass is 332 g/mol. The third kappa shape index (κ3) is 3.62. The van der Waals surface area contributed by atoms with E-state index < -0.39 is 11.6 Å². The van der Waals surface area contributed by atoms with Crippen molar-refractivity contribution >= 4 is 17.5 Å². The number of carbonyl (C=O) groups is 1. The molecule has 0 unspecified atom stereocenters. The van der Waals surface area contributed by atoms with Crippen molar-refractivity contribution in [3.8, 4) is 11.5 Å². The predicted octanol–water partition coefficient (Wildman–Crippen LogP) is 3.99. The Morgan fingerprint density at radius 1 is 1.09 bits per heavy atom. The molecule has 3 rings (SSSR count). The van der Waals surface area contributed by atoms with E-state index in [1.54, 1.807) is 12.1 Å². The van der Waals surface area contributed by atoms with Gasteiger partial charge in [0.05, 0.1) is 11.3 Å². The minimum Gasteiger partial charge on any atom is -0.411 e. The zero-order valence-corrected chi connectivity index (χ0v) is 12.5. The fourth-order valence-electron chi connectivity index (χ4n) is 1.90. The van der Waals surface area contributed by atoms with Crippen molar-refractivity contribution in [2.45, 2.75) is 5.22 Å². The van der Waals surface area contributed by atoms with Crippen molar-refractivity contribution in [1.82, 2.24) is 10.2 Å². The molecule has 0 radical (unpaired) electrons. The maximum Gasteiger partial charge on any atom is 0.277 e. The molecule has 0 N–H and O–H groups in total. The number of thioether (sulfide) groups is 1. The van der Waals surface area contributed by atoms with Crippen LogP contribution in [0.25, 0.3) is 11.5 Å². The van der Waals surface area contributed by atoms with Crippen LogP contribution < -0.4 is 0 Å². The Hall–Kier alpha value is -2.54. The van der Waals surface area contributed by atoms with Crippen LogP contribution in [0.5, 0.6) is 0 Å². The second-order valence-electron chi connectivity index (χ2n) is 4.58. The van der Waals surface area contributed by atoms with Crippen LogP contribution in [0.1, 0.15) is 10.4 Å².